The van der Waals surface area contributed by atoms with Crippen LogP contribution in [0, 0.1) is 0 Å². The number of halogens is 1. The smallest absolute Gasteiger partial charge is 0.230 e. The molecule has 0 aromatic heterocycles. The lowest BCUT2D eigenvalue weighted by molar-refractivity contribution is -0.128. The molecule has 3 nitrogen and oxygen atoms in total. The van der Waals surface area contributed by atoms with Crippen molar-refractivity contribution in [3.63, 3.8) is 0 Å². The second-order valence-corrected chi connectivity index (χ2v) is 6.61. The highest BCUT2D eigenvalue weighted by Crippen LogP contribution is 2.40. The summed E-state index contributed by atoms with van der Waals surface area (Å²) in [6.07, 6.45) is 5.99. The molecule has 0 heterocycles. The van der Waals surface area contributed by atoms with Crippen LogP contribution in [0.15, 0.2) is 24.3 Å². The van der Waals surface area contributed by atoms with Crippen LogP contribution in [-0.4, -0.2) is 18.5 Å². The minimum Gasteiger partial charge on any atom is -0.355 e. The van der Waals surface area contributed by atoms with E-state index in [0.717, 1.165) is 37.7 Å². The Balaban J connectivity index is 2.18. The molecule has 1 amide bonds. The second-order valence-electron chi connectivity index (χ2n) is 6.17. The minimum absolute atomic E-state index is 0.110. The zero-order valence-electron chi connectivity index (χ0n) is 12.7. The first-order valence-electron chi connectivity index (χ1n) is 7.84. The minimum atomic E-state index is -0.416. The predicted octanol–water partition coefficient (Wildman–Crippen LogP) is 3.40. The van der Waals surface area contributed by atoms with Crippen LogP contribution in [0.2, 0.25) is 5.02 Å². The lowest BCUT2D eigenvalue weighted by atomic mass is 9.68. The number of hydrogen-bond donors (Lipinski definition) is 2. The van der Waals surface area contributed by atoms with Gasteiger partial charge in [-0.25, -0.2) is 0 Å². The van der Waals surface area contributed by atoms with E-state index in [-0.39, 0.29) is 11.9 Å². The Kier molecular flexibility index (Phi) is 5.65. The van der Waals surface area contributed by atoms with Crippen molar-refractivity contribution in [2.75, 3.05) is 6.54 Å². The number of carbonyl (C=O) groups is 1. The Morgan fingerprint density at radius 2 is 2.10 bits per heavy atom. The van der Waals surface area contributed by atoms with Gasteiger partial charge in [0.25, 0.3) is 0 Å². The molecule has 116 valence electrons. The van der Waals surface area contributed by atoms with Crippen LogP contribution in [0.5, 0.6) is 0 Å². The number of nitrogens with two attached hydrogens (primary N) is 1. The zero-order valence-corrected chi connectivity index (χ0v) is 13.5. The van der Waals surface area contributed by atoms with Crippen molar-refractivity contribution in [2.45, 2.75) is 56.9 Å². The fourth-order valence-electron chi connectivity index (χ4n) is 3.17. The number of carbonyl (C=O) groups excluding carboxylic acids is 1. The van der Waals surface area contributed by atoms with Gasteiger partial charge in [0.05, 0.1) is 5.41 Å². The number of hydrogen-bond acceptors (Lipinski definition) is 2. The molecule has 2 rings (SSSR count). The molecule has 1 aliphatic carbocycles. The van der Waals surface area contributed by atoms with E-state index in [1.807, 2.05) is 31.2 Å². The summed E-state index contributed by atoms with van der Waals surface area (Å²) in [7, 11) is 0. The summed E-state index contributed by atoms with van der Waals surface area (Å²) in [5, 5.41) is 3.78. The summed E-state index contributed by atoms with van der Waals surface area (Å²) in [5.41, 5.74) is 6.39. The van der Waals surface area contributed by atoms with Gasteiger partial charge < -0.3 is 11.1 Å². The molecule has 4 heteroatoms. The van der Waals surface area contributed by atoms with E-state index in [1.54, 1.807) is 0 Å². The van der Waals surface area contributed by atoms with Crippen LogP contribution in [0.3, 0.4) is 0 Å². The molecule has 1 aromatic rings. The average Bonchev–Trinajstić information content (AvgIpc) is 2.47. The van der Waals surface area contributed by atoms with E-state index in [1.165, 1.54) is 6.42 Å². The first kappa shape index (κ1) is 16.3. The van der Waals surface area contributed by atoms with Crippen molar-refractivity contribution >= 4 is 17.5 Å². The van der Waals surface area contributed by atoms with Gasteiger partial charge in [-0.15, -0.1) is 0 Å². The molecule has 1 fully saturated rings. The van der Waals surface area contributed by atoms with Gasteiger partial charge in [-0.3, -0.25) is 4.79 Å². The molecule has 0 saturated heterocycles. The van der Waals surface area contributed by atoms with Crippen LogP contribution < -0.4 is 11.1 Å². The molecule has 21 heavy (non-hydrogen) atoms. The zero-order chi connectivity index (χ0) is 15.3. The SMILES string of the molecule is CC(N)CCNC(=O)C1(c2cccc(Cl)c2)CCCCC1. The first-order chi connectivity index (χ1) is 10.0. The molecular formula is C17H25ClN2O. The van der Waals surface area contributed by atoms with Gasteiger partial charge in [-0.1, -0.05) is 43.0 Å². The standard InChI is InChI=1S/C17H25ClN2O/c1-13(19)8-11-20-16(21)17(9-3-2-4-10-17)14-6-5-7-15(18)12-14/h5-7,12-13H,2-4,8-11,19H2,1H3,(H,20,21). The second kappa shape index (κ2) is 7.28. The maximum atomic E-state index is 12.8. The predicted molar refractivity (Wildman–Crippen MR) is 87.5 cm³/mol. The highest BCUT2D eigenvalue weighted by atomic mass is 35.5. The number of benzene rings is 1. The third kappa shape index (κ3) is 3.98. The lowest BCUT2D eigenvalue weighted by Crippen LogP contribution is -2.46. The quantitative estimate of drug-likeness (QED) is 0.876. The molecule has 1 atom stereocenters. The maximum Gasteiger partial charge on any atom is 0.230 e. The summed E-state index contributed by atoms with van der Waals surface area (Å²) in [6.45, 7) is 2.60. The Hall–Kier alpha value is -1.06. The summed E-state index contributed by atoms with van der Waals surface area (Å²) in [6, 6.07) is 7.87. The Labute approximate surface area is 132 Å². The van der Waals surface area contributed by atoms with Crippen molar-refractivity contribution in [3.05, 3.63) is 34.9 Å². The fraction of sp³-hybridized carbons (Fsp3) is 0.588. The van der Waals surface area contributed by atoms with Crippen LogP contribution >= 0.6 is 11.6 Å². The van der Waals surface area contributed by atoms with Gasteiger partial charge in [-0.05, 0) is 43.9 Å². The molecule has 0 bridgehead atoms. The van der Waals surface area contributed by atoms with E-state index in [4.69, 9.17) is 17.3 Å². The van der Waals surface area contributed by atoms with Gasteiger partial charge >= 0.3 is 0 Å². The first-order valence-corrected chi connectivity index (χ1v) is 8.22. The largest absolute Gasteiger partial charge is 0.355 e. The monoisotopic (exact) mass is 308 g/mol. The molecule has 0 spiro atoms. The van der Waals surface area contributed by atoms with Gasteiger partial charge in [-0.2, -0.15) is 0 Å². The van der Waals surface area contributed by atoms with Crippen LogP contribution in [-0.2, 0) is 10.2 Å². The molecule has 0 aliphatic heterocycles. The molecule has 3 N–H and O–H groups in total. The maximum absolute atomic E-state index is 12.8. The Bertz CT molecular complexity index is 481. The summed E-state index contributed by atoms with van der Waals surface area (Å²) >= 11 is 6.13. The summed E-state index contributed by atoms with van der Waals surface area (Å²) in [4.78, 5) is 12.8. The highest BCUT2D eigenvalue weighted by Gasteiger charge is 2.40. The molecule has 0 radical (unpaired) electrons. The third-order valence-electron chi connectivity index (χ3n) is 4.40. The van der Waals surface area contributed by atoms with E-state index in [2.05, 4.69) is 5.32 Å². The topological polar surface area (TPSA) is 55.1 Å². The van der Waals surface area contributed by atoms with E-state index < -0.39 is 5.41 Å². The van der Waals surface area contributed by atoms with Gasteiger partial charge in [0, 0.05) is 17.6 Å². The van der Waals surface area contributed by atoms with Gasteiger partial charge in [0.2, 0.25) is 5.91 Å². The number of rotatable bonds is 5. The van der Waals surface area contributed by atoms with Crippen LogP contribution in [0.25, 0.3) is 0 Å². The van der Waals surface area contributed by atoms with Crippen molar-refractivity contribution < 1.29 is 4.79 Å². The normalized spacial score (nSPS) is 19.0. The molecular weight excluding hydrogens is 284 g/mol. The van der Waals surface area contributed by atoms with Crippen molar-refractivity contribution in [3.8, 4) is 0 Å². The van der Waals surface area contributed by atoms with Gasteiger partial charge in [0.1, 0.15) is 0 Å². The van der Waals surface area contributed by atoms with Crippen LogP contribution in [0.1, 0.15) is 51.0 Å². The van der Waals surface area contributed by atoms with Gasteiger partial charge in [0.15, 0.2) is 0 Å². The molecule has 1 saturated carbocycles. The number of nitrogens with one attached hydrogen (secondary N) is 1. The van der Waals surface area contributed by atoms with E-state index >= 15 is 0 Å². The van der Waals surface area contributed by atoms with E-state index in [9.17, 15) is 4.79 Å². The van der Waals surface area contributed by atoms with E-state index in [0.29, 0.717) is 11.6 Å². The van der Waals surface area contributed by atoms with Crippen LogP contribution in [0.4, 0.5) is 0 Å². The summed E-state index contributed by atoms with van der Waals surface area (Å²) in [5.74, 6) is 0.130. The molecule has 1 aromatic carbocycles. The number of amides is 1. The third-order valence-corrected chi connectivity index (χ3v) is 4.64. The highest BCUT2D eigenvalue weighted by molar-refractivity contribution is 6.30. The summed E-state index contributed by atoms with van der Waals surface area (Å²) < 4.78 is 0. The Morgan fingerprint density at radius 1 is 1.38 bits per heavy atom. The Morgan fingerprint density at radius 3 is 2.71 bits per heavy atom. The van der Waals surface area contributed by atoms with Crippen molar-refractivity contribution in [2.24, 2.45) is 5.73 Å². The molecule has 1 aliphatic rings. The lowest BCUT2D eigenvalue weighted by Gasteiger charge is -2.36. The average molecular weight is 309 g/mol. The fourth-order valence-corrected chi connectivity index (χ4v) is 3.36. The van der Waals surface area contributed by atoms with Crippen molar-refractivity contribution in [1.82, 2.24) is 5.32 Å². The van der Waals surface area contributed by atoms with Crippen molar-refractivity contribution in [1.29, 1.82) is 0 Å². The molecule has 1 unspecified atom stereocenters.